The maximum absolute atomic E-state index is 10.8. The summed E-state index contributed by atoms with van der Waals surface area (Å²) in [7, 11) is 0. The number of carbonyl (C=O) groups is 2. The monoisotopic (exact) mass is 296 g/mol. The average molecular weight is 296 g/mol. The van der Waals surface area contributed by atoms with Crippen molar-refractivity contribution in [2.75, 3.05) is 6.61 Å². The van der Waals surface area contributed by atoms with Gasteiger partial charge in [0, 0.05) is 0 Å². The highest BCUT2D eigenvalue weighted by atomic mass is 16.7. The van der Waals surface area contributed by atoms with Crippen LogP contribution in [0.15, 0.2) is 0 Å². The Morgan fingerprint density at radius 1 is 1.10 bits per heavy atom. The molecule has 0 saturated carbocycles. The van der Waals surface area contributed by atoms with Crippen LogP contribution >= 0.6 is 0 Å². The van der Waals surface area contributed by atoms with E-state index < -0.39 is 61.8 Å². The van der Waals surface area contributed by atoms with E-state index in [4.69, 9.17) is 24.8 Å². The van der Waals surface area contributed by atoms with Crippen molar-refractivity contribution in [3.8, 4) is 0 Å². The van der Waals surface area contributed by atoms with E-state index >= 15 is 0 Å². The summed E-state index contributed by atoms with van der Waals surface area (Å²) in [5.74, 6) is -3.04. The lowest BCUT2D eigenvalue weighted by Gasteiger charge is -2.40. The number of carboxylic acid groups (broad SMARTS) is 2. The van der Waals surface area contributed by atoms with Gasteiger partial charge in [0.05, 0.1) is 13.0 Å². The molecule has 0 aromatic carbocycles. The predicted molar refractivity (Wildman–Crippen MR) is 58.5 cm³/mol. The fourth-order valence-corrected chi connectivity index (χ4v) is 1.69. The van der Waals surface area contributed by atoms with Crippen LogP contribution in [0, 0.1) is 0 Å². The second-order valence-electron chi connectivity index (χ2n) is 4.26. The zero-order chi connectivity index (χ0) is 15.4. The van der Waals surface area contributed by atoms with Gasteiger partial charge in [-0.15, -0.1) is 0 Å². The summed E-state index contributed by atoms with van der Waals surface area (Å²) in [5, 5.41) is 54.8. The zero-order valence-corrected chi connectivity index (χ0v) is 10.2. The number of aliphatic hydroxyl groups excluding tert-OH is 4. The number of aliphatic carboxylic acids is 2. The first-order chi connectivity index (χ1) is 9.27. The Hall–Kier alpha value is -1.30. The van der Waals surface area contributed by atoms with Crippen LogP contribution in [-0.4, -0.2) is 86.0 Å². The van der Waals surface area contributed by atoms with E-state index in [1.807, 2.05) is 0 Å². The largest absolute Gasteiger partial charge is 0.481 e. The predicted octanol–water partition coefficient (Wildman–Crippen LogP) is -3.27. The second kappa shape index (κ2) is 6.92. The Labute approximate surface area is 112 Å². The zero-order valence-electron chi connectivity index (χ0n) is 10.2. The van der Waals surface area contributed by atoms with Crippen LogP contribution in [0.2, 0.25) is 0 Å². The normalized spacial score (nSPS) is 35.5. The summed E-state index contributed by atoms with van der Waals surface area (Å²) >= 11 is 0. The molecule has 6 N–H and O–H groups in total. The number of hydrogen-bond acceptors (Lipinski definition) is 8. The van der Waals surface area contributed by atoms with Gasteiger partial charge in [-0.05, 0) is 0 Å². The molecular weight excluding hydrogens is 280 g/mol. The summed E-state index contributed by atoms with van der Waals surface area (Å²) in [6, 6.07) is 0. The molecular formula is C10H16O10. The maximum atomic E-state index is 10.8. The van der Waals surface area contributed by atoms with Crippen molar-refractivity contribution < 1.29 is 49.7 Å². The Morgan fingerprint density at radius 2 is 1.70 bits per heavy atom. The molecule has 1 aliphatic heterocycles. The van der Waals surface area contributed by atoms with Gasteiger partial charge in [0.2, 0.25) is 0 Å². The Kier molecular flexibility index (Phi) is 5.80. The first-order valence-electron chi connectivity index (χ1n) is 5.68. The molecule has 0 radical (unpaired) electrons. The van der Waals surface area contributed by atoms with Gasteiger partial charge < -0.3 is 40.1 Å². The van der Waals surface area contributed by atoms with Gasteiger partial charge in [0.15, 0.2) is 12.4 Å². The van der Waals surface area contributed by atoms with Gasteiger partial charge >= 0.3 is 11.9 Å². The van der Waals surface area contributed by atoms with Gasteiger partial charge in [-0.2, -0.15) is 0 Å². The number of rotatable bonds is 6. The molecule has 0 spiro atoms. The van der Waals surface area contributed by atoms with E-state index in [0.717, 1.165) is 0 Å². The average Bonchev–Trinajstić information content (AvgIpc) is 2.37. The molecule has 2 unspecified atom stereocenters. The number of hydrogen-bond donors (Lipinski definition) is 6. The maximum Gasteiger partial charge on any atom is 0.333 e. The van der Waals surface area contributed by atoms with Gasteiger partial charge in [0.25, 0.3) is 0 Å². The third kappa shape index (κ3) is 3.85. The van der Waals surface area contributed by atoms with Crippen molar-refractivity contribution in [3.63, 3.8) is 0 Å². The van der Waals surface area contributed by atoms with Gasteiger partial charge in [-0.1, -0.05) is 0 Å². The molecule has 1 rings (SSSR count). The minimum Gasteiger partial charge on any atom is -0.481 e. The summed E-state index contributed by atoms with van der Waals surface area (Å²) in [6.45, 7) is -0.707. The van der Waals surface area contributed by atoms with Gasteiger partial charge in [-0.3, -0.25) is 4.79 Å². The van der Waals surface area contributed by atoms with Crippen molar-refractivity contribution in [2.45, 2.75) is 43.2 Å². The SMILES string of the molecule is O=C(O)C[C@@H](O[C@@H]1OC(CO)[C@@H](O)C(O)[C@@H]1O)C(=O)O. The first-order valence-corrected chi connectivity index (χ1v) is 5.68. The van der Waals surface area contributed by atoms with Gasteiger partial charge in [-0.25, -0.2) is 4.79 Å². The van der Waals surface area contributed by atoms with E-state index in [0.29, 0.717) is 0 Å². The molecule has 10 nitrogen and oxygen atoms in total. The Bertz CT molecular complexity index is 356. The number of carboxylic acids is 2. The molecule has 0 aromatic rings. The van der Waals surface area contributed by atoms with E-state index in [1.54, 1.807) is 0 Å². The van der Waals surface area contributed by atoms with E-state index in [9.17, 15) is 24.9 Å². The smallest absolute Gasteiger partial charge is 0.333 e. The molecule has 10 heteroatoms. The summed E-state index contributed by atoms with van der Waals surface area (Å²) in [6.07, 6.45) is -10.8. The third-order valence-corrected chi connectivity index (χ3v) is 2.78. The summed E-state index contributed by atoms with van der Waals surface area (Å²) in [4.78, 5) is 21.3. The minimum atomic E-state index is -1.81. The van der Waals surface area contributed by atoms with Crippen LogP contribution in [0.4, 0.5) is 0 Å². The Balaban J connectivity index is 2.77. The highest BCUT2D eigenvalue weighted by Crippen LogP contribution is 2.23. The summed E-state index contributed by atoms with van der Waals surface area (Å²) < 4.78 is 9.70. The van der Waals surface area contributed by atoms with Crippen LogP contribution in [-0.2, 0) is 19.1 Å². The van der Waals surface area contributed by atoms with Crippen molar-refractivity contribution in [2.24, 2.45) is 0 Å². The number of aliphatic hydroxyl groups is 4. The standard InChI is InChI=1S/C10H16O10/c11-2-4-6(14)7(15)8(16)10(20-4)19-3(9(17)18)1-5(12)13/h3-4,6-8,10-11,14-16H,1-2H2,(H,12,13)(H,17,18)/t3-,4?,6-,7?,8+,10-/m1/s1. The molecule has 1 fully saturated rings. The van der Waals surface area contributed by atoms with Crippen LogP contribution < -0.4 is 0 Å². The minimum absolute atomic E-state index is 0.707. The van der Waals surface area contributed by atoms with Crippen molar-refractivity contribution in [1.82, 2.24) is 0 Å². The molecule has 116 valence electrons. The molecule has 1 heterocycles. The van der Waals surface area contributed by atoms with Gasteiger partial charge in [0.1, 0.15) is 24.4 Å². The first kappa shape index (κ1) is 16.8. The van der Waals surface area contributed by atoms with E-state index in [2.05, 4.69) is 0 Å². The lowest BCUT2D eigenvalue weighted by Crippen LogP contribution is -2.60. The Morgan fingerprint density at radius 3 is 2.15 bits per heavy atom. The lowest BCUT2D eigenvalue weighted by atomic mass is 9.99. The fourth-order valence-electron chi connectivity index (χ4n) is 1.69. The van der Waals surface area contributed by atoms with Crippen LogP contribution in [0.3, 0.4) is 0 Å². The van der Waals surface area contributed by atoms with Crippen molar-refractivity contribution >= 4 is 11.9 Å². The number of ether oxygens (including phenoxy) is 2. The lowest BCUT2D eigenvalue weighted by molar-refractivity contribution is -0.310. The molecule has 1 saturated heterocycles. The molecule has 0 aromatic heterocycles. The van der Waals surface area contributed by atoms with Crippen LogP contribution in [0.1, 0.15) is 6.42 Å². The molecule has 0 bridgehead atoms. The highest BCUT2D eigenvalue weighted by Gasteiger charge is 2.45. The fraction of sp³-hybridized carbons (Fsp3) is 0.800. The second-order valence-corrected chi connectivity index (χ2v) is 4.26. The molecule has 1 aliphatic rings. The molecule has 0 amide bonds. The van der Waals surface area contributed by atoms with Crippen molar-refractivity contribution in [1.29, 1.82) is 0 Å². The summed E-state index contributed by atoms with van der Waals surface area (Å²) in [5.41, 5.74) is 0. The molecule has 0 aliphatic carbocycles. The van der Waals surface area contributed by atoms with E-state index in [1.165, 1.54) is 0 Å². The molecule has 20 heavy (non-hydrogen) atoms. The third-order valence-electron chi connectivity index (χ3n) is 2.78. The topological polar surface area (TPSA) is 174 Å². The van der Waals surface area contributed by atoms with Crippen LogP contribution in [0.25, 0.3) is 0 Å². The van der Waals surface area contributed by atoms with Crippen LogP contribution in [0.5, 0.6) is 0 Å². The van der Waals surface area contributed by atoms with E-state index in [-0.39, 0.29) is 0 Å². The quantitative estimate of drug-likeness (QED) is 0.292. The molecule has 6 atom stereocenters. The van der Waals surface area contributed by atoms with Crippen molar-refractivity contribution in [3.05, 3.63) is 0 Å². The highest BCUT2D eigenvalue weighted by molar-refractivity contribution is 5.79.